The van der Waals surface area contributed by atoms with E-state index in [9.17, 15) is 0 Å². The molecule has 2 aliphatic rings. The number of nitrogens with one attached hydrogen (secondary N) is 1. The van der Waals surface area contributed by atoms with E-state index in [1.807, 2.05) is 0 Å². The van der Waals surface area contributed by atoms with Crippen LogP contribution in [0.25, 0.3) is 0 Å². The molecular weight excluding hydrogens is 222 g/mol. The second-order valence-corrected chi connectivity index (χ2v) is 7.02. The molecule has 0 amide bonds. The molecule has 18 heavy (non-hydrogen) atoms. The van der Waals surface area contributed by atoms with Gasteiger partial charge in [-0.05, 0) is 56.9 Å². The zero-order valence-electron chi connectivity index (χ0n) is 12.3. The molecule has 2 saturated carbocycles. The average Bonchev–Trinajstić information content (AvgIpc) is 2.84. The Morgan fingerprint density at radius 1 is 1.06 bits per heavy atom. The lowest BCUT2D eigenvalue weighted by molar-refractivity contribution is 0.00339. The van der Waals surface area contributed by atoms with E-state index in [-0.39, 0.29) is 0 Å². The molecule has 0 unspecified atom stereocenters. The van der Waals surface area contributed by atoms with Crippen LogP contribution in [0.1, 0.15) is 71.6 Å². The van der Waals surface area contributed by atoms with Crippen molar-refractivity contribution in [2.24, 2.45) is 5.41 Å². The minimum atomic E-state index is 0.546. The monoisotopic (exact) mass is 253 g/mol. The Morgan fingerprint density at radius 2 is 1.72 bits per heavy atom. The number of hydrogen-bond donors (Lipinski definition) is 1. The number of ether oxygens (including phenoxy) is 1. The number of rotatable bonds is 6. The Bertz CT molecular complexity index is 223. The summed E-state index contributed by atoms with van der Waals surface area (Å²) in [7, 11) is 0. The van der Waals surface area contributed by atoms with E-state index in [2.05, 4.69) is 19.2 Å². The van der Waals surface area contributed by atoms with Crippen molar-refractivity contribution in [2.75, 3.05) is 13.2 Å². The van der Waals surface area contributed by atoms with Crippen molar-refractivity contribution in [2.45, 2.75) is 83.8 Å². The fourth-order valence-electron chi connectivity index (χ4n) is 3.30. The van der Waals surface area contributed by atoms with Crippen molar-refractivity contribution in [3.8, 4) is 0 Å². The van der Waals surface area contributed by atoms with Crippen LogP contribution in [0.3, 0.4) is 0 Å². The fraction of sp³-hybridized carbons (Fsp3) is 1.00. The lowest BCUT2D eigenvalue weighted by Gasteiger charge is -2.34. The van der Waals surface area contributed by atoms with Crippen molar-refractivity contribution in [1.29, 1.82) is 0 Å². The van der Waals surface area contributed by atoms with Crippen molar-refractivity contribution < 1.29 is 4.74 Å². The Morgan fingerprint density at radius 3 is 2.39 bits per heavy atom. The molecule has 2 heteroatoms. The molecule has 0 bridgehead atoms. The molecule has 0 heterocycles. The minimum Gasteiger partial charge on any atom is -0.378 e. The van der Waals surface area contributed by atoms with Gasteiger partial charge in [0.25, 0.3) is 0 Å². The third kappa shape index (κ3) is 4.89. The Hall–Kier alpha value is -0.0800. The van der Waals surface area contributed by atoms with Crippen LogP contribution in [-0.2, 0) is 4.74 Å². The molecular formula is C16H31NO. The highest BCUT2D eigenvalue weighted by Crippen LogP contribution is 2.36. The van der Waals surface area contributed by atoms with Crippen LogP contribution in [-0.4, -0.2) is 25.3 Å². The van der Waals surface area contributed by atoms with Crippen molar-refractivity contribution >= 4 is 0 Å². The van der Waals surface area contributed by atoms with Gasteiger partial charge in [0, 0.05) is 12.6 Å². The standard InChI is InChI=1S/C16H31NO/c1-16(2)10-8-15(9-11-16)18-13-5-12-17-14-6-3-4-7-14/h14-15,17H,3-13H2,1-2H3. The van der Waals surface area contributed by atoms with Crippen molar-refractivity contribution in [1.82, 2.24) is 5.32 Å². The van der Waals surface area contributed by atoms with Gasteiger partial charge in [0.05, 0.1) is 6.10 Å². The van der Waals surface area contributed by atoms with E-state index in [0.29, 0.717) is 11.5 Å². The van der Waals surface area contributed by atoms with Gasteiger partial charge in [-0.1, -0.05) is 26.7 Å². The third-order valence-corrected chi connectivity index (χ3v) is 4.75. The van der Waals surface area contributed by atoms with Gasteiger partial charge in [-0.2, -0.15) is 0 Å². The Kier molecular flexibility index (Phi) is 5.50. The maximum atomic E-state index is 6.00. The first-order valence-corrected chi connectivity index (χ1v) is 8.01. The fourth-order valence-corrected chi connectivity index (χ4v) is 3.30. The molecule has 0 aromatic carbocycles. The molecule has 0 atom stereocenters. The summed E-state index contributed by atoms with van der Waals surface area (Å²) >= 11 is 0. The summed E-state index contributed by atoms with van der Waals surface area (Å²) in [6.07, 6.45) is 12.5. The van der Waals surface area contributed by atoms with Gasteiger partial charge in [0.15, 0.2) is 0 Å². The quantitative estimate of drug-likeness (QED) is 0.725. The first kappa shape index (κ1) is 14.3. The zero-order valence-corrected chi connectivity index (χ0v) is 12.3. The predicted octanol–water partition coefficient (Wildman–Crippen LogP) is 3.89. The summed E-state index contributed by atoms with van der Waals surface area (Å²) in [5, 5.41) is 3.65. The summed E-state index contributed by atoms with van der Waals surface area (Å²) in [6, 6.07) is 0.806. The van der Waals surface area contributed by atoms with E-state index in [0.717, 1.165) is 19.2 Å². The smallest absolute Gasteiger partial charge is 0.0575 e. The topological polar surface area (TPSA) is 21.3 Å². The van der Waals surface area contributed by atoms with Crippen LogP contribution < -0.4 is 5.32 Å². The number of hydrogen-bond acceptors (Lipinski definition) is 2. The molecule has 2 aliphatic carbocycles. The van der Waals surface area contributed by atoms with Gasteiger partial charge in [0.2, 0.25) is 0 Å². The van der Waals surface area contributed by atoms with Gasteiger partial charge >= 0.3 is 0 Å². The molecule has 2 rings (SSSR count). The molecule has 0 aliphatic heterocycles. The van der Waals surface area contributed by atoms with Crippen LogP contribution in [0.4, 0.5) is 0 Å². The molecule has 106 valence electrons. The maximum Gasteiger partial charge on any atom is 0.0575 e. The summed E-state index contributed by atoms with van der Waals surface area (Å²) in [5.74, 6) is 0. The van der Waals surface area contributed by atoms with E-state index >= 15 is 0 Å². The summed E-state index contributed by atoms with van der Waals surface area (Å²) in [5.41, 5.74) is 0.559. The highest BCUT2D eigenvalue weighted by Gasteiger charge is 2.26. The summed E-state index contributed by atoms with van der Waals surface area (Å²) < 4.78 is 6.00. The second-order valence-electron chi connectivity index (χ2n) is 7.02. The van der Waals surface area contributed by atoms with E-state index in [1.165, 1.54) is 57.8 Å². The van der Waals surface area contributed by atoms with E-state index < -0.39 is 0 Å². The molecule has 0 spiro atoms. The van der Waals surface area contributed by atoms with Crippen LogP contribution in [0.15, 0.2) is 0 Å². The SMILES string of the molecule is CC1(C)CCC(OCCCNC2CCCC2)CC1. The third-order valence-electron chi connectivity index (χ3n) is 4.75. The van der Waals surface area contributed by atoms with E-state index in [1.54, 1.807) is 0 Å². The lowest BCUT2D eigenvalue weighted by Crippen LogP contribution is -2.29. The largest absolute Gasteiger partial charge is 0.378 e. The van der Waals surface area contributed by atoms with Crippen LogP contribution >= 0.6 is 0 Å². The van der Waals surface area contributed by atoms with Gasteiger partial charge in [-0.3, -0.25) is 0 Å². The van der Waals surface area contributed by atoms with E-state index in [4.69, 9.17) is 4.74 Å². The average molecular weight is 253 g/mol. The highest BCUT2D eigenvalue weighted by molar-refractivity contribution is 4.79. The molecule has 2 nitrogen and oxygen atoms in total. The molecule has 0 aromatic rings. The maximum absolute atomic E-state index is 6.00. The predicted molar refractivity (Wildman–Crippen MR) is 76.9 cm³/mol. The second kappa shape index (κ2) is 6.91. The normalized spacial score (nSPS) is 25.7. The van der Waals surface area contributed by atoms with Crippen LogP contribution in [0.2, 0.25) is 0 Å². The Balaban J connectivity index is 1.46. The molecule has 2 fully saturated rings. The summed E-state index contributed by atoms with van der Waals surface area (Å²) in [6.45, 7) is 6.86. The van der Waals surface area contributed by atoms with Gasteiger partial charge < -0.3 is 10.1 Å². The molecule has 0 saturated heterocycles. The Labute approximate surface area is 113 Å². The first-order chi connectivity index (χ1) is 8.66. The van der Waals surface area contributed by atoms with Crippen LogP contribution in [0, 0.1) is 5.41 Å². The van der Waals surface area contributed by atoms with Gasteiger partial charge in [-0.15, -0.1) is 0 Å². The molecule has 1 N–H and O–H groups in total. The molecule has 0 aromatic heterocycles. The highest BCUT2D eigenvalue weighted by atomic mass is 16.5. The van der Waals surface area contributed by atoms with Gasteiger partial charge in [0.1, 0.15) is 0 Å². The summed E-state index contributed by atoms with van der Waals surface area (Å²) in [4.78, 5) is 0. The van der Waals surface area contributed by atoms with Crippen LogP contribution in [0.5, 0.6) is 0 Å². The van der Waals surface area contributed by atoms with Crippen molar-refractivity contribution in [3.63, 3.8) is 0 Å². The first-order valence-electron chi connectivity index (χ1n) is 8.01. The lowest BCUT2D eigenvalue weighted by atomic mass is 9.76. The van der Waals surface area contributed by atoms with Gasteiger partial charge in [-0.25, -0.2) is 0 Å². The zero-order chi connectivity index (χ0) is 12.8. The molecule has 0 radical (unpaired) electrons. The minimum absolute atomic E-state index is 0.546. The van der Waals surface area contributed by atoms with Crippen molar-refractivity contribution in [3.05, 3.63) is 0 Å².